The smallest absolute Gasteiger partial charge is 0.343 e. The van der Waals surface area contributed by atoms with E-state index in [-0.39, 0.29) is 0 Å². The van der Waals surface area contributed by atoms with Crippen molar-refractivity contribution in [3.63, 3.8) is 0 Å². The summed E-state index contributed by atoms with van der Waals surface area (Å²) in [5, 5.41) is 0. The molecule has 1 aliphatic carbocycles. The van der Waals surface area contributed by atoms with Crippen LogP contribution in [0.25, 0.3) is 0 Å². The first-order valence-electron chi connectivity index (χ1n) is 7.21. The SMILES string of the molecule is CCOC(=O)c1cccnc1OCC1CCCC1CN. The standard InChI is InChI=1S/C15H22N2O3/c1-2-19-15(18)13-7-4-8-17-14(13)20-10-12-6-3-5-11(12)9-16/h4,7-8,11-12H,2-3,5-6,9-10,16H2,1H3. The predicted molar refractivity (Wildman–Crippen MR) is 75.6 cm³/mol. The number of aromatic nitrogens is 1. The van der Waals surface area contributed by atoms with Gasteiger partial charge in [-0.1, -0.05) is 6.42 Å². The Balaban J connectivity index is 2.00. The second-order valence-corrected chi connectivity index (χ2v) is 5.07. The second-order valence-electron chi connectivity index (χ2n) is 5.07. The van der Waals surface area contributed by atoms with Gasteiger partial charge in [0, 0.05) is 6.20 Å². The average molecular weight is 278 g/mol. The molecule has 5 heteroatoms. The van der Waals surface area contributed by atoms with Crippen molar-refractivity contribution in [1.29, 1.82) is 0 Å². The Morgan fingerprint density at radius 2 is 2.25 bits per heavy atom. The third-order valence-corrected chi connectivity index (χ3v) is 3.82. The molecule has 20 heavy (non-hydrogen) atoms. The van der Waals surface area contributed by atoms with E-state index < -0.39 is 5.97 Å². The van der Waals surface area contributed by atoms with E-state index >= 15 is 0 Å². The van der Waals surface area contributed by atoms with Crippen LogP contribution >= 0.6 is 0 Å². The topological polar surface area (TPSA) is 74.4 Å². The Morgan fingerprint density at radius 3 is 3.00 bits per heavy atom. The van der Waals surface area contributed by atoms with E-state index in [1.807, 2.05) is 0 Å². The van der Waals surface area contributed by atoms with Crippen LogP contribution in [-0.4, -0.2) is 30.7 Å². The van der Waals surface area contributed by atoms with Crippen LogP contribution in [0.15, 0.2) is 18.3 Å². The van der Waals surface area contributed by atoms with Gasteiger partial charge < -0.3 is 15.2 Å². The van der Waals surface area contributed by atoms with Crippen molar-refractivity contribution in [3.8, 4) is 5.88 Å². The summed E-state index contributed by atoms with van der Waals surface area (Å²) in [6, 6.07) is 3.38. The monoisotopic (exact) mass is 278 g/mol. The number of esters is 1. The van der Waals surface area contributed by atoms with E-state index in [1.54, 1.807) is 25.3 Å². The summed E-state index contributed by atoms with van der Waals surface area (Å²) in [4.78, 5) is 16.0. The first-order valence-corrected chi connectivity index (χ1v) is 7.21. The van der Waals surface area contributed by atoms with Crippen molar-refractivity contribution >= 4 is 5.97 Å². The van der Waals surface area contributed by atoms with E-state index in [1.165, 1.54) is 6.42 Å². The molecule has 2 N–H and O–H groups in total. The van der Waals surface area contributed by atoms with Gasteiger partial charge in [0.15, 0.2) is 0 Å². The lowest BCUT2D eigenvalue weighted by Gasteiger charge is -2.18. The molecule has 5 nitrogen and oxygen atoms in total. The lowest BCUT2D eigenvalue weighted by molar-refractivity contribution is 0.0519. The molecular formula is C15H22N2O3. The van der Waals surface area contributed by atoms with E-state index in [9.17, 15) is 4.79 Å². The van der Waals surface area contributed by atoms with Crippen LogP contribution in [0.4, 0.5) is 0 Å². The van der Waals surface area contributed by atoms with Crippen molar-refractivity contribution in [2.75, 3.05) is 19.8 Å². The molecule has 1 heterocycles. The van der Waals surface area contributed by atoms with E-state index in [0.717, 1.165) is 12.8 Å². The molecule has 2 unspecified atom stereocenters. The molecule has 0 bridgehead atoms. The highest BCUT2D eigenvalue weighted by Gasteiger charge is 2.27. The van der Waals surface area contributed by atoms with Crippen molar-refractivity contribution in [1.82, 2.24) is 4.98 Å². The molecule has 0 aromatic carbocycles. The van der Waals surface area contributed by atoms with Crippen LogP contribution in [0.2, 0.25) is 0 Å². The first-order chi connectivity index (χ1) is 9.76. The lowest BCUT2D eigenvalue weighted by atomic mass is 9.97. The normalized spacial score (nSPS) is 21.7. The van der Waals surface area contributed by atoms with Gasteiger partial charge in [0.05, 0.1) is 13.2 Å². The third-order valence-electron chi connectivity index (χ3n) is 3.82. The maximum atomic E-state index is 11.8. The number of ether oxygens (including phenoxy) is 2. The zero-order valence-corrected chi connectivity index (χ0v) is 11.9. The highest BCUT2D eigenvalue weighted by Crippen LogP contribution is 2.31. The maximum absolute atomic E-state index is 11.8. The predicted octanol–water partition coefficient (Wildman–Crippen LogP) is 2.01. The van der Waals surface area contributed by atoms with Gasteiger partial charge in [0.2, 0.25) is 5.88 Å². The fraction of sp³-hybridized carbons (Fsp3) is 0.600. The van der Waals surface area contributed by atoms with E-state index in [4.69, 9.17) is 15.2 Å². The van der Waals surface area contributed by atoms with Gasteiger partial charge in [-0.15, -0.1) is 0 Å². The summed E-state index contributed by atoms with van der Waals surface area (Å²) in [6.07, 6.45) is 5.11. The summed E-state index contributed by atoms with van der Waals surface area (Å²) in [7, 11) is 0. The molecule has 0 spiro atoms. The Hall–Kier alpha value is -1.62. The summed E-state index contributed by atoms with van der Waals surface area (Å²) >= 11 is 0. The molecule has 1 aliphatic rings. The number of rotatable bonds is 6. The Bertz CT molecular complexity index is 450. The molecule has 2 atom stereocenters. The second kappa shape index (κ2) is 7.24. The number of hydrogen-bond donors (Lipinski definition) is 1. The maximum Gasteiger partial charge on any atom is 0.343 e. The van der Waals surface area contributed by atoms with Gasteiger partial charge in [-0.2, -0.15) is 0 Å². The summed E-state index contributed by atoms with van der Waals surface area (Å²) in [6.45, 7) is 3.37. The van der Waals surface area contributed by atoms with Crippen LogP contribution in [0.3, 0.4) is 0 Å². The molecule has 110 valence electrons. The molecule has 0 radical (unpaired) electrons. The number of hydrogen-bond acceptors (Lipinski definition) is 5. The molecule has 0 amide bonds. The molecule has 0 aliphatic heterocycles. The minimum atomic E-state index is -0.391. The minimum absolute atomic E-state index is 0.338. The van der Waals surface area contributed by atoms with Crippen molar-refractivity contribution < 1.29 is 14.3 Å². The molecule has 1 aromatic heterocycles. The van der Waals surface area contributed by atoms with Crippen molar-refractivity contribution in [2.45, 2.75) is 26.2 Å². The minimum Gasteiger partial charge on any atom is -0.477 e. The van der Waals surface area contributed by atoms with Crippen molar-refractivity contribution in [3.05, 3.63) is 23.9 Å². The number of carbonyl (C=O) groups excluding carboxylic acids is 1. The van der Waals surface area contributed by atoms with Gasteiger partial charge in [-0.05, 0) is 50.3 Å². The van der Waals surface area contributed by atoms with Crippen molar-refractivity contribution in [2.24, 2.45) is 17.6 Å². The van der Waals surface area contributed by atoms with Crippen LogP contribution < -0.4 is 10.5 Å². The zero-order valence-electron chi connectivity index (χ0n) is 11.9. The fourth-order valence-corrected chi connectivity index (χ4v) is 2.70. The number of pyridine rings is 1. The molecule has 0 saturated heterocycles. The summed E-state index contributed by atoms with van der Waals surface area (Å²) in [5.74, 6) is 0.938. The first kappa shape index (κ1) is 14.8. The quantitative estimate of drug-likeness (QED) is 0.806. The van der Waals surface area contributed by atoms with Crippen LogP contribution in [0.1, 0.15) is 36.5 Å². The van der Waals surface area contributed by atoms with E-state index in [2.05, 4.69) is 4.98 Å². The van der Waals surface area contributed by atoms with Crippen LogP contribution in [0.5, 0.6) is 5.88 Å². The Kier molecular flexibility index (Phi) is 5.35. The highest BCUT2D eigenvalue weighted by molar-refractivity contribution is 5.91. The zero-order chi connectivity index (χ0) is 14.4. The third kappa shape index (κ3) is 3.48. The molecule has 1 fully saturated rings. The molecule has 2 rings (SSSR count). The number of nitrogens with zero attached hydrogens (tertiary/aromatic N) is 1. The van der Waals surface area contributed by atoms with Gasteiger partial charge in [-0.25, -0.2) is 9.78 Å². The van der Waals surface area contributed by atoms with Crippen LogP contribution in [0, 0.1) is 11.8 Å². The fourth-order valence-electron chi connectivity index (χ4n) is 2.70. The van der Waals surface area contributed by atoms with Crippen LogP contribution in [-0.2, 0) is 4.74 Å². The lowest BCUT2D eigenvalue weighted by Crippen LogP contribution is -2.24. The van der Waals surface area contributed by atoms with Gasteiger partial charge in [0.25, 0.3) is 0 Å². The number of nitrogens with two attached hydrogens (primary N) is 1. The molecular weight excluding hydrogens is 256 g/mol. The van der Waals surface area contributed by atoms with E-state index in [0.29, 0.717) is 43.0 Å². The molecule has 1 aromatic rings. The van der Waals surface area contributed by atoms with Gasteiger partial charge in [0.1, 0.15) is 5.56 Å². The van der Waals surface area contributed by atoms with Gasteiger partial charge in [-0.3, -0.25) is 0 Å². The van der Waals surface area contributed by atoms with Gasteiger partial charge >= 0.3 is 5.97 Å². The summed E-state index contributed by atoms with van der Waals surface area (Å²) in [5.41, 5.74) is 6.15. The average Bonchev–Trinajstić information content (AvgIpc) is 2.93. The Labute approximate surface area is 119 Å². The Morgan fingerprint density at radius 1 is 1.45 bits per heavy atom. The molecule has 1 saturated carbocycles. The highest BCUT2D eigenvalue weighted by atomic mass is 16.5. The number of carbonyl (C=O) groups is 1. The summed E-state index contributed by atoms with van der Waals surface area (Å²) < 4.78 is 10.8. The largest absolute Gasteiger partial charge is 0.477 e.